The third-order valence-electron chi connectivity index (χ3n) is 3.50. The van der Waals surface area contributed by atoms with Gasteiger partial charge in [-0.05, 0) is 58.9 Å². The van der Waals surface area contributed by atoms with Crippen molar-refractivity contribution in [3.8, 4) is 5.75 Å². The van der Waals surface area contributed by atoms with E-state index in [1.54, 1.807) is 6.07 Å². The van der Waals surface area contributed by atoms with E-state index in [1.165, 1.54) is 37.7 Å². The van der Waals surface area contributed by atoms with E-state index >= 15 is 0 Å². The summed E-state index contributed by atoms with van der Waals surface area (Å²) in [5, 5.41) is 12.9. The molecule has 0 saturated heterocycles. The largest absolute Gasteiger partial charge is 0.507 e. The number of aromatic hydroxyl groups is 1. The van der Waals surface area contributed by atoms with Crippen molar-refractivity contribution in [2.45, 2.75) is 38.6 Å². The first-order valence-electron chi connectivity index (χ1n) is 6.44. The highest BCUT2D eigenvalue weighted by Crippen LogP contribution is 2.25. The average molecular weight is 298 g/mol. The maximum Gasteiger partial charge on any atom is 0.129 e. The predicted octanol–water partition coefficient (Wildman–Crippen LogP) is 3.82. The van der Waals surface area contributed by atoms with E-state index in [0.717, 1.165) is 23.5 Å². The molecule has 0 aliphatic heterocycles. The van der Waals surface area contributed by atoms with E-state index in [4.69, 9.17) is 0 Å². The lowest BCUT2D eigenvalue weighted by atomic mass is 9.89. The number of benzene rings is 1. The standard InChI is InChI=1S/C14H20BrNO/c15-13-8-12(6-7-14(13)17)10-16-9-11-4-2-1-3-5-11/h6-8,11,16-17H,1-5,9-10H2. The van der Waals surface area contributed by atoms with Gasteiger partial charge in [0.05, 0.1) is 4.47 Å². The minimum atomic E-state index is 0.307. The molecule has 1 aromatic carbocycles. The van der Waals surface area contributed by atoms with Crippen molar-refractivity contribution in [3.05, 3.63) is 28.2 Å². The van der Waals surface area contributed by atoms with Crippen LogP contribution in [0.1, 0.15) is 37.7 Å². The van der Waals surface area contributed by atoms with Crippen LogP contribution in [0, 0.1) is 5.92 Å². The van der Waals surface area contributed by atoms with Gasteiger partial charge >= 0.3 is 0 Å². The van der Waals surface area contributed by atoms with Gasteiger partial charge in [-0.2, -0.15) is 0 Å². The van der Waals surface area contributed by atoms with Crippen molar-refractivity contribution in [1.82, 2.24) is 5.32 Å². The summed E-state index contributed by atoms with van der Waals surface area (Å²) in [5.41, 5.74) is 1.21. The van der Waals surface area contributed by atoms with Crippen molar-refractivity contribution in [3.63, 3.8) is 0 Å². The molecule has 1 fully saturated rings. The molecule has 0 heterocycles. The monoisotopic (exact) mass is 297 g/mol. The number of nitrogens with one attached hydrogen (secondary N) is 1. The zero-order valence-corrected chi connectivity index (χ0v) is 11.7. The summed E-state index contributed by atoms with van der Waals surface area (Å²) in [7, 11) is 0. The third kappa shape index (κ3) is 4.00. The molecule has 0 atom stereocenters. The molecule has 94 valence electrons. The van der Waals surface area contributed by atoms with E-state index < -0.39 is 0 Å². The maximum atomic E-state index is 9.41. The molecule has 17 heavy (non-hydrogen) atoms. The second-order valence-corrected chi connectivity index (χ2v) is 5.78. The zero-order chi connectivity index (χ0) is 12.1. The van der Waals surface area contributed by atoms with Crippen LogP contribution >= 0.6 is 15.9 Å². The normalized spacial score (nSPS) is 17.2. The van der Waals surface area contributed by atoms with Gasteiger partial charge in [0.1, 0.15) is 5.75 Å². The predicted molar refractivity (Wildman–Crippen MR) is 74.1 cm³/mol. The highest BCUT2D eigenvalue weighted by atomic mass is 79.9. The van der Waals surface area contributed by atoms with Crippen molar-refractivity contribution < 1.29 is 5.11 Å². The Balaban J connectivity index is 1.75. The van der Waals surface area contributed by atoms with Gasteiger partial charge in [-0.15, -0.1) is 0 Å². The van der Waals surface area contributed by atoms with Gasteiger partial charge in [0, 0.05) is 6.54 Å². The summed E-state index contributed by atoms with van der Waals surface area (Å²) in [6.45, 7) is 2.01. The summed E-state index contributed by atoms with van der Waals surface area (Å²) in [6, 6.07) is 5.68. The maximum absolute atomic E-state index is 9.41. The summed E-state index contributed by atoms with van der Waals surface area (Å²) in [6.07, 6.45) is 6.98. The summed E-state index contributed by atoms with van der Waals surface area (Å²) >= 11 is 3.34. The summed E-state index contributed by atoms with van der Waals surface area (Å²) < 4.78 is 0.773. The van der Waals surface area contributed by atoms with E-state index in [2.05, 4.69) is 21.2 Å². The highest BCUT2D eigenvalue weighted by Gasteiger charge is 2.12. The van der Waals surface area contributed by atoms with Crippen LogP contribution in [0.3, 0.4) is 0 Å². The Bertz CT molecular complexity index is 361. The molecule has 0 aromatic heterocycles. The number of hydrogen-bond donors (Lipinski definition) is 2. The topological polar surface area (TPSA) is 32.3 Å². The van der Waals surface area contributed by atoms with Gasteiger partial charge in [0.15, 0.2) is 0 Å². The van der Waals surface area contributed by atoms with E-state index in [-0.39, 0.29) is 0 Å². The van der Waals surface area contributed by atoms with Crippen LogP contribution in [-0.2, 0) is 6.54 Å². The number of rotatable bonds is 4. The first-order chi connectivity index (χ1) is 8.25. The molecule has 1 aliphatic carbocycles. The first-order valence-corrected chi connectivity index (χ1v) is 7.23. The van der Waals surface area contributed by atoms with E-state index in [0.29, 0.717) is 5.75 Å². The smallest absolute Gasteiger partial charge is 0.129 e. The minimum absolute atomic E-state index is 0.307. The lowest BCUT2D eigenvalue weighted by molar-refractivity contribution is 0.342. The number of halogens is 1. The lowest BCUT2D eigenvalue weighted by Gasteiger charge is -2.21. The SMILES string of the molecule is Oc1ccc(CNCC2CCCCC2)cc1Br. The van der Waals surface area contributed by atoms with Crippen LogP contribution in [0.25, 0.3) is 0 Å². The number of phenolic OH excluding ortho intramolecular Hbond substituents is 1. The fraction of sp³-hybridized carbons (Fsp3) is 0.571. The molecular formula is C14H20BrNO. The lowest BCUT2D eigenvalue weighted by Crippen LogP contribution is -2.24. The Labute approximate surface area is 112 Å². The molecule has 2 nitrogen and oxygen atoms in total. The molecule has 0 bridgehead atoms. The zero-order valence-electron chi connectivity index (χ0n) is 10.1. The fourth-order valence-corrected chi connectivity index (χ4v) is 2.90. The van der Waals surface area contributed by atoms with Crippen LogP contribution in [-0.4, -0.2) is 11.7 Å². The van der Waals surface area contributed by atoms with Crippen LogP contribution in [0.4, 0.5) is 0 Å². The molecule has 2 N–H and O–H groups in total. The van der Waals surface area contributed by atoms with Gasteiger partial charge in [0.2, 0.25) is 0 Å². The Kier molecular flexibility index (Phi) is 4.86. The third-order valence-corrected chi connectivity index (χ3v) is 4.13. The minimum Gasteiger partial charge on any atom is -0.507 e. The van der Waals surface area contributed by atoms with Crippen LogP contribution in [0.2, 0.25) is 0 Å². The molecule has 1 saturated carbocycles. The van der Waals surface area contributed by atoms with Gasteiger partial charge in [-0.3, -0.25) is 0 Å². The Morgan fingerprint density at radius 2 is 2.00 bits per heavy atom. The Morgan fingerprint density at radius 3 is 2.71 bits per heavy atom. The molecule has 2 rings (SSSR count). The molecule has 0 spiro atoms. The van der Waals surface area contributed by atoms with Gasteiger partial charge in [-0.1, -0.05) is 25.3 Å². The molecule has 1 aromatic rings. The van der Waals surface area contributed by atoms with E-state index in [1.807, 2.05) is 12.1 Å². The molecule has 0 amide bonds. The first kappa shape index (κ1) is 12.9. The van der Waals surface area contributed by atoms with Crippen LogP contribution in [0.15, 0.2) is 22.7 Å². The average Bonchev–Trinajstić information content (AvgIpc) is 2.35. The Morgan fingerprint density at radius 1 is 1.24 bits per heavy atom. The van der Waals surface area contributed by atoms with Gasteiger partial charge in [0.25, 0.3) is 0 Å². The quantitative estimate of drug-likeness (QED) is 0.885. The Hall–Kier alpha value is -0.540. The molecule has 0 radical (unpaired) electrons. The van der Waals surface area contributed by atoms with Crippen molar-refractivity contribution in [2.24, 2.45) is 5.92 Å². The second-order valence-electron chi connectivity index (χ2n) is 4.92. The fourth-order valence-electron chi connectivity index (χ4n) is 2.47. The molecule has 3 heteroatoms. The van der Waals surface area contributed by atoms with Gasteiger partial charge in [-0.25, -0.2) is 0 Å². The van der Waals surface area contributed by atoms with Crippen molar-refractivity contribution >= 4 is 15.9 Å². The van der Waals surface area contributed by atoms with Crippen molar-refractivity contribution in [2.75, 3.05) is 6.54 Å². The number of phenols is 1. The second kappa shape index (κ2) is 6.41. The highest BCUT2D eigenvalue weighted by molar-refractivity contribution is 9.10. The molecular weight excluding hydrogens is 278 g/mol. The molecule has 0 unspecified atom stereocenters. The summed E-state index contributed by atoms with van der Waals surface area (Å²) in [5.74, 6) is 1.17. The molecule has 1 aliphatic rings. The van der Waals surface area contributed by atoms with E-state index in [9.17, 15) is 5.11 Å². The van der Waals surface area contributed by atoms with Gasteiger partial charge < -0.3 is 10.4 Å². The number of hydrogen-bond acceptors (Lipinski definition) is 2. The van der Waals surface area contributed by atoms with Crippen molar-refractivity contribution in [1.29, 1.82) is 0 Å². The van der Waals surface area contributed by atoms with Crippen LogP contribution in [0.5, 0.6) is 5.75 Å². The summed E-state index contributed by atoms with van der Waals surface area (Å²) in [4.78, 5) is 0. The van der Waals surface area contributed by atoms with Crippen LogP contribution < -0.4 is 5.32 Å².